The van der Waals surface area contributed by atoms with E-state index in [1.165, 1.54) is 7.11 Å². The molecule has 0 radical (unpaired) electrons. The summed E-state index contributed by atoms with van der Waals surface area (Å²) in [6.45, 7) is 1.32. The largest absolute Gasteiger partial charge is 0.465 e. The number of carbonyl (C=O) groups excluding carboxylic acids is 1. The highest BCUT2D eigenvalue weighted by atomic mass is 16.5. The molecule has 0 aliphatic carbocycles. The molecule has 1 aliphatic heterocycles. The second kappa shape index (κ2) is 5.14. The third-order valence-corrected chi connectivity index (χ3v) is 2.89. The van der Waals surface area contributed by atoms with Crippen LogP contribution >= 0.6 is 0 Å². The number of pyridine rings is 1. The van der Waals surface area contributed by atoms with Gasteiger partial charge in [-0.05, 0) is 25.0 Å². The fourth-order valence-electron chi connectivity index (χ4n) is 2.07. The maximum absolute atomic E-state index is 11.6. The Kier molecular flexibility index (Phi) is 3.58. The van der Waals surface area contributed by atoms with Gasteiger partial charge < -0.3 is 14.7 Å². The summed E-state index contributed by atoms with van der Waals surface area (Å²) in [7, 11) is 1.35. The first kappa shape index (κ1) is 11.9. The van der Waals surface area contributed by atoms with Crippen molar-refractivity contribution >= 4 is 11.8 Å². The molecule has 1 aromatic rings. The summed E-state index contributed by atoms with van der Waals surface area (Å²) < 4.78 is 4.73. The van der Waals surface area contributed by atoms with Crippen molar-refractivity contribution in [1.82, 2.24) is 4.98 Å². The number of aromatic nitrogens is 1. The fourth-order valence-corrected chi connectivity index (χ4v) is 2.07. The molecule has 0 amide bonds. The van der Waals surface area contributed by atoms with Crippen molar-refractivity contribution in [3.8, 4) is 0 Å². The zero-order valence-corrected chi connectivity index (χ0v) is 9.80. The Bertz CT molecular complexity index is 408. The molecule has 92 valence electrons. The number of piperidine rings is 1. The van der Waals surface area contributed by atoms with Crippen molar-refractivity contribution in [2.45, 2.75) is 18.9 Å². The average Bonchev–Trinajstić information content (AvgIpc) is 2.38. The van der Waals surface area contributed by atoms with Crippen LogP contribution in [-0.2, 0) is 4.74 Å². The zero-order valence-electron chi connectivity index (χ0n) is 9.80. The first-order valence-corrected chi connectivity index (χ1v) is 5.68. The lowest BCUT2D eigenvalue weighted by atomic mass is 10.1. The third-order valence-electron chi connectivity index (χ3n) is 2.89. The zero-order chi connectivity index (χ0) is 12.3. The summed E-state index contributed by atoms with van der Waals surface area (Å²) in [6.07, 6.45) is 2.99. The minimum absolute atomic E-state index is 0.351. The van der Waals surface area contributed by atoms with E-state index in [0.29, 0.717) is 17.9 Å². The summed E-state index contributed by atoms with van der Waals surface area (Å²) in [5.41, 5.74) is 0.448. The highest BCUT2D eigenvalue weighted by molar-refractivity contribution is 5.94. The molecule has 1 N–H and O–H groups in total. The van der Waals surface area contributed by atoms with Gasteiger partial charge in [0.25, 0.3) is 0 Å². The SMILES string of the molecule is COC(=O)c1cccnc1N1CCCC(O)C1. The van der Waals surface area contributed by atoms with Crippen LogP contribution in [0.25, 0.3) is 0 Å². The molecule has 5 nitrogen and oxygen atoms in total. The van der Waals surface area contributed by atoms with Crippen molar-refractivity contribution in [1.29, 1.82) is 0 Å². The quantitative estimate of drug-likeness (QED) is 0.771. The first-order chi connectivity index (χ1) is 8.22. The number of nitrogens with zero attached hydrogens (tertiary/aromatic N) is 2. The van der Waals surface area contributed by atoms with Gasteiger partial charge in [0.15, 0.2) is 0 Å². The van der Waals surface area contributed by atoms with E-state index in [2.05, 4.69) is 4.98 Å². The second-order valence-corrected chi connectivity index (χ2v) is 4.11. The molecule has 1 atom stereocenters. The van der Waals surface area contributed by atoms with Gasteiger partial charge in [0, 0.05) is 19.3 Å². The highest BCUT2D eigenvalue weighted by Gasteiger charge is 2.23. The number of rotatable bonds is 2. The lowest BCUT2D eigenvalue weighted by Gasteiger charge is -2.31. The van der Waals surface area contributed by atoms with Crippen LogP contribution in [0.3, 0.4) is 0 Å². The molecule has 5 heteroatoms. The van der Waals surface area contributed by atoms with Gasteiger partial charge in [-0.25, -0.2) is 9.78 Å². The molecule has 1 saturated heterocycles. The van der Waals surface area contributed by atoms with Crippen molar-refractivity contribution in [3.63, 3.8) is 0 Å². The van der Waals surface area contributed by atoms with Crippen molar-refractivity contribution in [3.05, 3.63) is 23.9 Å². The van der Waals surface area contributed by atoms with Gasteiger partial charge in [0.1, 0.15) is 11.4 Å². The normalized spacial score (nSPS) is 20.1. The fraction of sp³-hybridized carbons (Fsp3) is 0.500. The number of anilines is 1. The van der Waals surface area contributed by atoms with E-state index in [1.54, 1.807) is 18.3 Å². The molecule has 1 fully saturated rings. The van der Waals surface area contributed by atoms with Crippen molar-refractivity contribution in [2.75, 3.05) is 25.1 Å². The predicted octanol–water partition coefficient (Wildman–Crippen LogP) is 0.829. The molecular formula is C12H16N2O3. The Morgan fingerprint density at radius 3 is 3.18 bits per heavy atom. The second-order valence-electron chi connectivity index (χ2n) is 4.11. The van der Waals surface area contributed by atoms with Crippen LogP contribution in [0.4, 0.5) is 5.82 Å². The van der Waals surface area contributed by atoms with Crippen molar-refractivity contribution < 1.29 is 14.6 Å². The van der Waals surface area contributed by atoms with E-state index >= 15 is 0 Å². The number of β-amino-alcohol motifs (C(OH)–C–C–N with tert-alkyl or cyclic N) is 1. The molecule has 0 saturated carbocycles. The molecule has 1 aliphatic rings. The summed E-state index contributed by atoms with van der Waals surface area (Å²) >= 11 is 0. The topological polar surface area (TPSA) is 62.7 Å². The van der Waals surface area contributed by atoms with Crippen LogP contribution in [-0.4, -0.2) is 42.4 Å². The molecule has 2 rings (SSSR count). The molecule has 0 spiro atoms. The van der Waals surface area contributed by atoms with E-state index in [4.69, 9.17) is 4.74 Å². The van der Waals surface area contributed by atoms with Gasteiger partial charge >= 0.3 is 5.97 Å². The number of hydrogen-bond donors (Lipinski definition) is 1. The number of aliphatic hydroxyl groups is 1. The number of ether oxygens (including phenoxy) is 1. The lowest BCUT2D eigenvalue weighted by Crippen LogP contribution is -2.39. The number of methoxy groups -OCH3 is 1. The van der Waals surface area contributed by atoms with Crippen molar-refractivity contribution in [2.24, 2.45) is 0 Å². The summed E-state index contributed by atoms with van der Waals surface area (Å²) in [6, 6.07) is 3.39. The summed E-state index contributed by atoms with van der Waals surface area (Å²) in [5, 5.41) is 9.64. The number of hydrogen-bond acceptors (Lipinski definition) is 5. The predicted molar refractivity (Wildman–Crippen MR) is 63.0 cm³/mol. The van der Waals surface area contributed by atoms with E-state index in [9.17, 15) is 9.90 Å². The molecule has 0 aromatic carbocycles. The molecule has 1 unspecified atom stereocenters. The summed E-state index contributed by atoms with van der Waals surface area (Å²) in [5.74, 6) is 0.200. The van der Waals surface area contributed by atoms with E-state index in [1.807, 2.05) is 4.90 Å². The van der Waals surface area contributed by atoms with E-state index in [0.717, 1.165) is 19.4 Å². The van der Waals surface area contributed by atoms with Gasteiger partial charge in [-0.2, -0.15) is 0 Å². The Balaban J connectivity index is 2.27. The van der Waals surface area contributed by atoms with Gasteiger partial charge in [-0.15, -0.1) is 0 Å². The smallest absolute Gasteiger partial charge is 0.341 e. The number of carbonyl (C=O) groups is 1. The third kappa shape index (κ3) is 2.55. The standard InChI is InChI=1S/C12H16N2O3/c1-17-12(16)10-5-2-6-13-11(10)14-7-3-4-9(15)8-14/h2,5-6,9,15H,3-4,7-8H2,1H3. The monoisotopic (exact) mass is 236 g/mol. The Morgan fingerprint density at radius 1 is 1.65 bits per heavy atom. The van der Waals surface area contributed by atoms with Gasteiger partial charge in [-0.1, -0.05) is 0 Å². The first-order valence-electron chi connectivity index (χ1n) is 5.68. The van der Waals surface area contributed by atoms with Crippen LogP contribution in [0.1, 0.15) is 23.2 Å². The van der Waals surface area contributed by atoms with Crippen LogP contribution < -0.4 is 4.90 Å². The number of aliphatic hydroxyl groups excluding tert-OH is 1. The minimum atomic E-state index is -0.395. The molecule has 2 heterocycles. The van der Waals surface area contributed by atoms with Gasteiger partial charge in [0.05, 0.1) is 13.2 Å². The van der Waals surface area contributed by atoms with E-state index < -0.39 is 5.97 Å². The Labute approximate surface area is 100 Å². The van der Waals surface area contributed by atoms with Crippen LogP contribution in [0.15, 0.2) is 18.3 Å². The maximum atomic E-state index is 11.6. The van der Waals surface area contributed by atoms with Gasteiger partial charge in [0.2, 0.25) is 0 Å². The van der Waals surface area contributed by atoms with Crippen LogP contribution in [0.5, 0.6) is 0 Å². The molecule has 0 bridgehead atoms. The van der Waals surface area contributed by atoms with E-state index in [-0.39, 0.29) is 6.10 Å². The lowest BCUT2D eigenvalue weighted by molar-refractivity contribution is 0.0600. The summed E-state index contributed by atoms with van der Waals surface area (Å²) in [4.78, 5) is 17.8. The van der Waals surface area contributed by atoms with Crippen LogP contribution in [0, 0.1) is 0 Å². The molecule has 1 aromatic heterocycles. The Hall–Kier alpha value is -1.62. The maximum Gasteiger partial charge on any atom is 0.341 e. The molecular weight excluding hydrogens is 220 g/mol. The highest BCUT2D eigenvalue weighted by Crippen LogP contribution is 2.22. The number of esters is 1. The van der Waals surface area contributed by atoms with Gasteiger partial charge in [-0.3, -0.25) is 0 Å². The van der Waals surface area contributed by atoms with Crippen LogP contribution in [0.2, 0.25) is 0 Å². The average molecular weight is 236 g/mol. The Morgan fingerprint density at radius 2 is 2.47 bits per heavy atom. The molecule has 17 heavy (non-hydrogen) atoms. The minimum Gasteiger partial charge on any atom is -0.465 e.